The fourth-order valence-electron chi connectivity index (χ4n) is 2.89. The smallest absolute Gasteiger partial charge is 0.146 e. The van der Waals surface area contributed by atoms with Gasteiger partial charge in [0.2, 0.25) is 0 Å². The van der Waals surface area contributed by atoms with Crippen molar-refractivity contribution in [2.24, 2.45) is 0 Å². The highest BCUT2D eigenvalue weighted by Crippen LogP contribution is 2.24. The van der Waals surface area contributed by atoms with E-state index in [-0.39, 0.29) is 0 Å². The molecule has 3 rings (SSSR count). The van der Waals surface area contributed by atoms with Gasteiger partial charge in [-0.05, 0) is 44.9 Å². The van der Waals surface area contributed by atoms with Crippen LogP contribution in [0, 0.1) is 6.92 Å². The van der Waals surface area contributed by atoms with Gasteiger partial charge >= 0.3 is 0 Å². The van der Waals surface area contributed by atoms with Crippen LogP contribution in [0.4, 0.5) is 0 Å². The van der Waals surface area contributed by atoms with Crippen LogP contribution in [0.1, 0.15) is 50.2 Å². The van der Waals surface area contributed by atoms with Crippen LogP contribution in [0.5, 0.6) is 0 Å². The summed E-state index contributed by atoms with van der Waals surface area (Å²) in [5.41, 5.74) is 3.09. The number of piperidine rings is 1. The predicted molar refractivity (Wildman–Crippen MR) is 82.9 cm³/mol. The summed E-state index contributed by atoms with van der Waals surface area (Å²) < 4.78 is 2.03. The summed E-state index contributed by atoms with van der Waals surface area (Å²) >= 11 is 0. The van der Waals surface area contributed by atoms with Crippen LogP contribution >= 0.6 is 0 Å². The molecule has 5 nitrogen and oxygen atoms in total. The Bertz CT molecular complexity index is 598. The molecule has 0 spiro atoms. The number of nitrogens with one attached hydrogen (secondary N) is 1. The maximum absolute atomic E-state index is 4.81. The third-order valence-electron chi connectivity index (χ3n) is 3.91. The second-order valence-electron chi connectivity index (χ2n) is 5.69. The van der Waals surface area contributed by atoms with Gasteiger partial charge in [0, 0.05) is 18.4 Å². The summed E-state index contributed by atoms with van der Waals surface area (Å²) in [7, 11) is 0. The number of aromatic nitrogens is 4. The van der Waals surface area contributed by atoms with E-state index in [9.17, 15) is 0 Å². The second-order valence-corrected chi connectivity index (χ2v) is 5.69. The molecule has 5 heteroatoms. The first-order valence-corrected chi connectivity index (χ1v) is 7.89. The molecule has 0 aliphatic carbocycles. The van der Waals surface area contributed by atoms with Gasteiger partial charge < -0.3 is 5.32 Å². The minimum atomic E-state index is 0.292. The summed E-state index contributed by atoms with van der Waals surface area (Å²) in [5, 5.41) is 7.92. The molecule has 1 saturated heterocycles. The molecule has 1 atom stereocenters. The Kier molecular flexibility index (Phi) is 4.29. The van der Waals surface area contributed by atoms with Crippen molar-refractivity contribution in [3.63, 3.8) is 0 Å². The normalized spacial score (nSPS) is 18.9. The zero-order valence-electron chi connectivity index (χ0n) is 12.8. The van der Waals surface area contributed by atoms with Crippen LogP contribution in [-0.4, -0.2) is 26.3 Å². The van der Waals surface area contributed by atoms with Crippen LogP contribution in [0.25, 0.3) is 11.4 Å². The summed E-state index contributed by atoms with van der Waals surface area (Å²) in [5.74, 6) is 0.925. The van der Waals surface area contributed by atoms with E-state index in [2.05, 4.69) is 28.4 Å². The highest BCUT2D eigenvalue weighted by Gasteiger charge is 2.19. The fourth-order valence-corrected chi connectivity index (χ4v) is 2.89. The number of hydrogen-bond donors (Lipinski definition) is 1. The van der Waals surface area contributed by atoms with E-state index in [1.165, 1.54) is 12.8 Å². The number of aryl methyl sites for hydroxylation is 2. The van der Waals surface area contributed by atoms with Crippen LogP contribution in [0.3, 0.4) is 0 Å². The minimum Gasteiger partial charge on any atom is -0.307 e. The Balaban J connectivity index is 1.95. The van der Waals surface area contributed by atoms with Crippen LogP contribution in [-0.2, 0) is 6.54 Å². The largest absolute Gasteiger partial charge is 0.307 e. The first-order valence-electron chi connectivity index (χ1n) is 7.89. The Morgan fingerprint density at radius 2 is 2.24 bits per heavy atom. The zero-order valence-corrected chi connectivity index (χ0v) is 12.8. The maximum atomic E-state index is 4.81. The van der Waals surface area contributed by atoms with E-state index in [1.54, 1.807) is 0 Å². The summed E-state index contributed by atoms with van der Waals surface area (Å²) in [6.45, 7) is 6.18. The molecule has 1 aliphatic heterocycles. The molecule has 2 aromatic heterocycles. The molecule has 0 bridgehead atoms. The predicted octanol–water partition coefficient (Wildman–Crippen LogP) is 2.87. The van der Waals surface area contributed by atoms with Gasteiger partial charge in [-0.3, -0.25) is 4.68 Å². The molecule has 0 radical (unpaired) electrons. The highest BCUT2D eigenvalue weighted by atomic mass is 15.3. The van der Waals surface area contributed by atoms with Crippen LogP contribution < -0.4 is 5.32 Å². The van der Waals surface area contributed by atoms with E-state index in [1.807, 2.05) is 23.9 Å². The molecule has 1 aliphatic rings. The molecule has 0 amide bonds. The van der Waals surface area contributed by atoms with Gasteiger partial charge in [0.1, 0.15) is 5.82 Å². The second kappa shape index (κ2) is 6.35. The van der Waals surface area contributed by atoms with E-state index in [4.69, 9.17) is 4.98 Å². The number of rotatable bonds is 4. The molecule has 1 unspecified atom stereocenters. The molecule has 2 aromatic rings. The highest BCUT2D eigenvalue weighted by molar-refractivity contribution is 5.54. The Hall–Kier alpha value is -1.75. The first kappa shape index (κ1) is 14.2. The van der Waals surface area contributed by atoms with Crippen molar-refractivity contribution in [3.8, 4) is 11.4 Å². The van der Waals surface area contributed by atoms with Crippen molar-refractivity contribution < 1.29 is 0 Å². The van der Waals surface area contributed by atoms with E-state index in [0.717, 1.165) is 48.8 Å². The van der Waals surface area contributed by atoms with Crippen LogP contribution in [0.2, 0.25) is 0 Å². The molecular weight excluding hydrogens is 262 g/mol. The fraction of sp³-hybridized carbons (Fsp3) is 0.562. The number of nitrogens with zero attached hydrogens (tertiary/aromatic N) is 4. The maximum Gasteiger partial charge on any atom is 0.146 e. The van der Waals surface area contributed by atoms with Crippen molar-refractivity contribution in [2.45, 2.75) is 52.1 Å². The van der Waals surface area contributed by atoms with Crippen molar-refractivity contribution >= 4 is 0 Å². The van der Waals surface area contributed by atoms with E-state index >= 15 is 0 Å². The van der Waals surface area contributed by atoms with Crippen molar-refractivity contribution in [1.29, 1.82) is 0 Å². The molecule has 21 heavy (non-hydrogen) atoms. The van der Waals surface area contributed by atoms with Gasteiger partial charge in [0.15, 0.2) is 0 Å². The van der Waals surface area contributed by atoms with Gasteiger partial charge in [-0.1, -0.05) is 13.3 Å². The quantitative estimate of drug-likeness (QED) is 0.938. The van der Waals surface area contributed by atoms with Crippen molar-refractivity contribution in [2.75, 3.05) is 6.54 Å². The molecular formula is C16H23N5. The third kappa shape index (κ3) is 3.13. The molecule has 1 N–H and O–H groups in total. The lowest BCUT2D eigenvalue weighted by Crippen LogP contribution is -2.28. The molecule has 0 aromatic carbocycles. The molecule has 0 saturated carbocycles. The SMILES string of the molecule is CCCn1nccc1-c1cc(C)nc(C2CCCCN2)n1. The lowest BCUT2D eigenvalue weighted by Gasteiger charge is -2.22. The monoisotopic (exact) mass is 285 g/mol. The zero-order chi connectivity index (χ0) is 14.7. The lowest BCUT2D eigenvalue weighted by atomic mass is 10.0. The van der Waals surface area contributed by atoms with Gasteiger partial charge in [0.05, 0.1) is 17.4 Å². The van der Waals surface area contributed by atoms with Crippen LogP contribution in [0.15, 0.2) is 18.3 Å². The molecule has 1 fully saturated rings. The van der Waals surface area contributed by atoms with E-state index in [0.29, 0.717) is 6.04 Å². The Morgan fingerprint density at radius 1 is 1.33 bits per heavy atom. The standard InChI is InChI=1S/C16H23N5/c1-3-10-21-15(7-9-18-21)14-11-12(2)19-16(20-14)13-6-4-5-8-17-13/h7,9,11,13,17H,3-6,8,10H2,1-2H3. The Morgan fingerprint density at radius 3 is 3.00 bits per heavy atom. The average molecular weight is 285 g/mol. The molecule has 3 heterocycles. The summed E-state index contributed by atoms with van der Waals surface area (Å²) in [4.78, 5) is 9.45. The van der Waals surface area contributed by atoms with Crippen molar-refractivity contribution in [1.82, 2.24) is 25.1 Å². The van der Waals surface area contributed by atoms with Gasteiger partial charge in [-0.2, -0.15) is 5.10 Å². The van der Waals surface area contributed by atoms with Crippen molar-refractivity contribution in [3.05, 3.63) is 29.8 Å². The van der Waals surface area contributed by atoms with Gasteiger partial charge in [-0.25, -0.2) is 9.97 Å². The number of hydrogen-bond acceptors (Lipinski definition) is 4. The van der Waals surface area contributed by atoms with Gasteiger partial charge in [-0.15, -0.1) is 0 Å². The topological polar surface area (TPSA) is 55.6 Å². The van der Waals surface area contributed by atoms with E-state index < -0.39 is 0 Å². The molecule has 112 valence electrons. The summed E-state index contributed by atoms with van der Waals surface area (Å²) in [6.07, 6.45) is 6.53. The summed E-state index contributed by atoms with van der Waals surface area (Å²) in [6, 6.07) is 4.38. The third-order valence-corrected chi connectivity index (χ3v) is 3.91. The average Bonchev–Trinajstić information content (AvgIpc) is 2.96. The minimum absolute atomic E-state index is 0.292. The Labute approximate surface area is 125 Å². The van der Waals surface area contributed by atoms with Gasteiger partial charge in [0.25, 0.3) is 0 Å². The lowest BCUT2D eigenvalue weighted by molar-refractivity contribution is 0.397. The first-order chi connectivity index (χ1) is 10.3.